The van der Waals surface area contributed by atoms with Crippen LogP contribution in [0.2, 0.25) is 0 Å². The number of halogens is 1. The number of benzene rings is 1. The van der Waals surface area contributed by atoms with E-state index in [0.29, 0.717) is 5.56 Å². The van der Waals surface area contributed by atoms with Gasteiger partial charge in [0, 0.05) is 0 Å². The molecule has 1 aromatic carbocycles. The third-order valence-electron chi connectivity index (χ3n) is 1.34. The second-order valence-electron chi connectivity index (χ2n) is 2.19. The molecule has 0 aliphatic heterocycles. The summed E-state index contributed by atoms with van der Waals surface area (Å²) < 4.78 is 12.2. The fourth-order valence-electron chi connectivity index (χ4n) is 0.734. The normalized spacial score (nSPS) is 13.1. The molecule has 0 aliphatic carbocycles. The molecule has 0 saturated carbocycles. The van der Waals surface area contributed by atoms with E-state index in [1.165, 1.54) is 31.2 Å². The minimum absolute atomic E-state index is 0.301. The van der Waals surface area contributed by atoms with Gasteiger partial charge >= 0.3 is 0 Å². The maximum absolute atomic E-state index is 12.2. The Balaban J connectivity index is 2.89. The molecule has 53 valence electrons. The van der Waals surface area contributed by atoms with Crippen LogP contribution in [0, 0.1) is 5.82 Å². The summed E-state index contributed by atoms with van der Waals surface area (Å²) in [6.07, 6.45) is -0.763. The van der Waals surface area contributed by atoms with E-state index in [1.54, 1.807) is 0 Å². The Hall–Kier alpha value is -0.890. The summed E-state index contributed by atoms with van der Waals surface area (Å²) in [4.78, 5) is 0. The number of rotatable bonds is 1. The Kier molecular flexibility index (Phi) is 2.02. The van der Waals surface area contributed by atoms with Gasteiger partial charge in [-0.25, -0.2) is 9.50 Å². The molecule has 1 unspecified atom stereocenters. The SMILES string of the molecule is CC([O])c1ccc(F)cc1. The molecule has 2 heteroatoms. The minimum atomic E-state index is -0.763. The average Bonchev–Trinajstić information content (AvgIpc) is 1.88. The molecular weight excluding hydrogens is 131 g/mol. The standard InChI is InChI=1S/C8H8FO/c1-6(10)7-2-4-8(9)5-3-7/h2-6H,1H3. The van der Waals surface area contributed by atoms with Crippen LogP contribution in [0.15, 0.2) is 24.3 Å². The Morgan fingerprint density at radius 2 is 1.80 bits per heavy atom. The largest absolute Gasteiger partial charge is 0.228 e. The smallest absolute Gasteiger partial charge is 0.123 e. The van der Waals surface area contributed by atoms with Gasteiger partial charge in [-0.15, -0.1) is 0 Å². The van der Waals surface area contributed by atoms with E-state index in [-0.39, 0.29) is 5.82 Å². The molecule has 1 aromatic rings. The van der Waals surface area contributed by atoms with Crippen molar-refractivity contribution < 1.29 is 9.50 Å². The highest BCUT2D eigenvalue weighted by Crippen LogP contribution is 2.11. The van der Waals surface area contributed by atoms with Crippen molar-refractivity contribution in [2.75, 3.05) is 0 Å². The summed E-state index contributed by atoms with van der Waals surface area (Å²) in [5, 5.41) is 10.7. The summed E-state index contributed by atoms with van der Waals surface area (Å²) in [5.41, 5.74) is 0.626. The fourth-order valence-corrected chi connectivity index (χ4v) is 0.734. The molecule has 0 heterocycles. The molecule has 1 radical (unpaired) electrons. The molecule has 0 saturated heterocycles. The van der Waals surface area contributed by atoms with Crippen molar-refractivity contribution in [3.8, 4) is 0 Å². The average molecular weight is 139 g/mol. The molecule has 0 fully saturated rings. The highest BCUT2D eigenvalue weighted by Gasteiger charge is 2.00. The maximum Gasteiger partial charge on any atom is 0.123 e. The minimum Gasteiger partial charge on any atom is -0.228 e. The van der Waals surface area contributed by atoms with Crippen LogP contribution in [0.25, 0.3) is 0 Å². The van der Waals surface area contributed by atoms with Gasteiger partial charge in [0.2, 0.25) is 0 Å². The first-order valence-corrected chi connectivity index (χ1v) is 3.11. The van der Waals surface area contributed by atoms with Gasteiger partial charge in [0.25, 0.3) is 0 Å². The van der Waals surface area contributed by atoms with Crippen LogP contribution in [0.5, 0.6) is 0 Å². The summed E-state index contributed by atoms with van der Waals surface area (Å²) in [6, 6.07) is 5.60. The van der Waals surface area contributed by atoms with Crippen molar-refractivity contribution >= 4 is 0 Å². The highest BCUT2D eigenvalue weighted by molar-refractivity contribution is 5.17. The van der Waals surface area contributed by atoms with Gasteiger partial charge in [-0.2, -0.15) is 0 Å². The predicted octanol–water partition coefficient (Wildman–Crippen LogP) is 2.32. The Morgan fingerprint density at radius 3 is 2.20 bits per heavy atom. The van der Waals surface area contributed by atoms with Crippen molar-refractivity contribution in [3.05, 3.63) is 35.6 Å². The summed E-state index contributed by atoms with van der Waals surface area (Å²) in [5.74, 6) is -0.301. The van der Waals surface area contributed by atoms with Crippen molar-refractivity contribution in [2.45, 2.75) is 13.0 Å². The topological polar surface area (TPSA) is 19.9 Å². The molecule has 1 atom stereocenters. The van der Waals surface area contributed by atoms with Crippen LogP contribution in [-0.4, -0.2) is 0 Å². The zero-order valence-corrected chi connectivity index (χ0v) is 5.67. The monoisotopic (exact) mass is 139 g/mol. The lowest BCUT2D eigenvalue weighted by molar-refractivity contribution is 0.106. The molecular formula is C8H8FO. The van der Waals surface area contributed by atoms with E-state index >= 15 is 0 Å². The third-order valence-corrected chi connectivity index (χ3v) is 1.34. The van der Waals surface area contributed by atoms with E-state index in [1.807, 2.05) is 0 Å². The zero-order chi connectivity index (χ0) is 7.56. The van der Waals surface area contributed by atoms with Crippen LogP contribution in [-0.2, 0) is 5.11 Å². The van der Waals surface area contributed by atoms with E-state index < -0.39 is 6.10 Å². The van der Waals surface area contributed by atoms with Gasteiger partial charge in [-0.3, -0.25) is 0 Å². The lowest BCUT2D eigenvalue weighted by Crippen LogP contribution is -1.87. The van der Waals surface area contributed by atoms with Crippen LogP contribution < -0.4 is 0 Å². The van der Waals surface area contributed by atoms with Gasteiger partial charge in [0.1, 0.15) is 11.9 Å². The van der Waals surface area contributed by atoms with E-state index in [2.05, 4.69) is 0 Å². The van der Waals surface area contributed by atoms with Crippen LogP contribution in [0.1, 0.15) is 18.6 Å². The molecule has 0 amide bonds. The molecule has 0 N–H and O–H groups in total. The van der Waals surface area contributed by atoms with Crippen molar-refractivity contribution in [3.63, 3.8) is 0 Å². The van der Waals surface area contributed by atoms with E-state index in [9.17, 15) is 9.50 Å². The fraction of sp³-hybridized carbons (Fsp3) is 0.250. The van der Waals surface area contributed by atoms with E-state index in [0.717, 1.165) is 0 Å². The number of hydrogen-bond donors (Lipinski definition) is 0. The van der Waals surface area contributed by atoms with Crippen molar-refractivity contribution in [2.24, 2.45) is 0 Å². The Labute approximate surface area is 59.1 Å². The first kappa shape index (κ1) is 7.22. The van der Waals surface area contributed by atoms with Gasteiger partial charge in [0.15, 0.2) is 0 Å². The van der Waals surface area contributed by atoms with Gasteiger partial charge in [-0.1, -0.05) is 12.1 Å². The molecule has 0 spiro atoms. The summed E-state index contributed by atoms with van der Waals surface area (Å²) >= 11 is 0. The molecule has 0 aromatic heterocycles. The predicted molar refractivity (Wildman–Crippen MR) is 35.5 cm³/mol. The van der Waals surface area contributed by atoms with E-state index in [4.69, 9.17) is 0 Å². The maximum atomic E-state index is 12.2. The second kappa shape index (κ2) is 2.80. The Morgan fingerprint density at radius 1 is 1.30 bits per heavy atom. The lowest BCUT2D eigenvalue weighted by Gasteiger charge is -1.99. The first-order valence-electron chi connectivity index (χ1n) is 3.11. The Bertz CT molecular complexity index is 203. The summed E-state index contributed by atoms with van der Waals surface area (Å²) in [6.45, 7) is 1.53. The third kappa shape index (κ3) is 1.54. The zero-order valence-electron chi connectivity index (χ0n) is 5.67. The highest BCUT2D eigenvalue weighted by atomic mass is 19.1. The molecule has 10 heavy (non-hydrogen) atoms. The van der Waals surface area contributed by atoms with Crippen molar-refractivity contribution in [1.82, 2.24) is 0 Å². The van der Waals surface area contributed by atoms with Crippen LogP contribution in [0.4, 0.5) is 4.39 Å². The van der Waals surface area contributed by atoms with Gasteiger partial charge in [0.05, 0.1) is 0 Å². The molecule has 0 aliphatic rings. The van der Waals surface area contributed by atoms with Gasteiger partial charge in [-0.05, 0) is 24.6 Å². The van der Waals surface area contributed by atoms with Crippen molar-refractivity contribution in [1.29, 1.82) is 0 Å². The first-order chi connectivity index (χ1) is 4.70. The molecule has 1 rings (SSSR count). The second-order valence-corrected chi connectivity index (χ2v) is 2.19. The van der Waals surface area contributed by atoms with Crippen LogP contribution >= 0.6 is 0 Å². The van der Waals surface area contributed by atoms with Crippen LogP contribution in [0.3, 0.4) is 0 Å². The summed E-state index contributed by atoms with van der Waals surface area (Å²) in [7, 11) is 0. The van der Waals surface area contributed by atoms with Gasteiger partial charge < -0.3 is 0 Å². The number of hydrogen-bond acceptors (Lipinski definition) is 0. The lowest BCUT2D eigenvalue weighted by atomic mass is 10.1. The molecule has 0 bridgehead atoms. The quantitative estimate of drug-likeness (QED) is 0.569. The molecule has 1 nitrogen and oxygen atoms in total.